The highest BCUT2D eigenvalue weighted by molar-refractivity contribution is 5.71. The van der Waals surface area contributed by atoms with E-state index in [4.69, 9.17) is 14.2 Å². The smallest absolute Gasteiger partial charge is 0.306 e. The molecule has 356 valence electrons. The SMILES string of the molecule is CC/C=C/C=C/C=C/CCCCCCCC(=O)OCC(COC(=O)CCC/C=C/C/C=C/C/C=C/C/C=C/C/C=C/CC)OC(=O)CCCCC/C=C/C/C=C/C/C=C/C/C=C/CC. The largest absolute Gasteiger partial charge is 0.462 e. The highest BCUT2D eigenvalue weighted by atomic mass is 16.6. The molecule has 0 aromatic rings. The van der Waals surface area contributed by atoms with E-state index in [1.807, 2.05) is 6.08 Å². The summed E-state index contributed by atoms with van der Waals surface area (Å²) in [4.78, 5) is 37.9. The zero-order valence-electron chi connectivity index (χ0n) is 40.5. The Hall–Kier alpha value is -4.71. The third kappa shape index (κ3) is 48.3. The molecule has 0 N–H and O–H groups in total. The molecule has 0 rings (SSSR count). The molecule has 0 aromatic heterocycles. The average molecular weight is 881 g/mol. The van der Waals surface area contributed by atoms with Gasteiger partial charge in [-0.3, -0.25) is 14.4 Å². The third-order valence-electron chi connectivity index (χ3n) is 9.63. The van der Waals surface area contributed by atoms with Crippen LogP contribution in [0, 0.1) is 0 Å². The van der Waals surface area contributed by atoms with Crippen molar-refractivity contribution < 1.29 is 28.6 Å². The number of esters is 3. The molecule has 0 aromatic carbocycles. The van der Waals surface area contributed by atoms with Gasteiger partial charge < -0.3 is 14.2 Å². The molecular formula is C58H88O6. The van der Waals surface area contributed by atoms with Crippen LogP contribution in [0.15, 0.2) is 146 Å². The van der Waals surface area contributed by atoms with Crippen molar-refractivity contribution in [1.29, 1.82) is 0 Å². The van der Waals surface area contributed by atoms with Crippen molar-refractivity contribution in [3.05, 3.63) is 146 Å². The van der Waals surface area contributed by atoms with Crippen LogP contribution in [0.5, 0.6) is 0 Å². The van der Waals surface area contributed by atoms with Gasteiger partial charge >= 0.3 is 17.9 Å². The minimum absolute atomic E-state index is 0.126. The van der Waals surface area contributed by atoms with Crippen LogP contribution in [0.2, 0.25) is 0 Å². The van der Waals surface area contributed by atoms with Crippen LogP contribution in [0.1, 0.15) is 181 Å². The Bertz CT molecular complexity index is 1480. The summed E-state index contributed by atoms with van der Waals surface area (Å²) in [5.41, 5.74) is 0. The molecule has 6 nitrogen and oxygen atoms in total. The van der Waals surface area contributed by atoms with E-state index in [2.05, 4.69) is 161 Å². The van der Waals surface area contributed by atoms with Crippen molar-refractivity contribution >= 4 is 17.9 Å². The van der Waals surface area contributed by atoms with E-state index < -0.39 is 6.10 Å². The zero-order valence-corrected chi connectivity index (χ0v) is 40.5. The first-order valence-corrected chi connectivity index (χ1v) is 24.9. The summed E-state index contributed by atoms with van der Waals surface area (Å²) in [5, 5.41) is 0. The van der Waals surface area contributed by atoms with Crippen LogP contribution in [0.4, 0.5) is 0 Å². The number of unbranched alkanes of at least 4 members (excludes halogenated alkanes) is 9. The molecule has 6 heteroatoms. The Morgan fingerprint density at radius 2 is 0.656 bits per heavy atom. The van der Waals surface area contributed by atoms with Crippen LogP contribution in [0.25, 0.3) is 0 Å². The summed E-state index contributed by atoms with van der Waals surface area (Å²) < 4.78 is 16.7. The number of hydrogen-bond donors (Lipinski definition) is 0. The average Bonchev–Trinajstić information content (AvgIpc) is 3.29. The molecule has 0 amide bonds. The normalized spacial score (nSPS) is 13.4. The second kappa shape index (κ2) is 50.9. The second-order valence-corrected chi connectivity index (χ2v) is 15.6. The first kappa shape index (κ1) is 59.3. The van der Waals surface area contributed by atoms with E-state index in [-0.39, 0.29) is 44.0 Å². The van der Waals surface area contributed by atoms with Crippen LogP contribution < -0.4 is 0 Å². The highest BCUT2D eigenvalue weighted by Crippen LogP contribution is 2.11. The maximum absolute atomic E-state index is 12.8. The predicted molar refractivity (Wildman–Crippen MR) is 274 cm³/mol. The Morgan fingerprint density at radius 3 is 1.12 bits per heavy atom. The fraction of sp³-hybridized carbons (Fsp3) is 0.534. The van der Waals surface area contributed by atoms with E-state index in [1.165, 1.54) is 0 Å². The van der Waals surface area contributed by atoms with Gasteiger partial charge in [-0.1, -0.05) is 192 Å². The van der Waals surface area contributed by atoms with Crippen molar-refractivity contribution in [2.45, 2.75) is 187 Å². The van der Waals surface area contributed by atoms with Crippen LogP contribution in [-0.4, -0.2) is 37.2 Å². The molecule has 0 saturated carbocycles. The quantitative estimate of drug-likeness (QED) is 0.0200. The summed E-state index contributed by atoms with van der Waals surface area (Å²) in [6.45, 7) is 6.15. The highest BCUT2D eigenvalue weighted by Gasteiger charge is 2.19. The molecule has 0 aliphatic rings. The Labute approximate surface area is 391 Å². The number of carbonyl (C=O) groups is 3. The predicted octanol–water partition coefficient (Wildman–Crippen LogP) is 16.5. The molecular weight excluding hydrogens is 793 g/mol. The standard InChI is InChI=1S/C58H88O6/c1-4-7-10-13-16-19-22-25-27-29-31-33-36-39-42-45-48-51-57(60)63-54-55(53-62-56(59)50-47-44-41-38-35-32-24-21-18-15-12-9-6-3)64-58(61)52-49-46-43-40-37-34-30-28-26-23-20-17-14-11-8-5-2/h7-12,15-21,24-28,31,33-34,37,39,42,55H,4-6,13-14,22-23,29-30,32,35-36,38,40-41,43-54H2,1-3H3/b10-7+,11-8+,12-9+,18-15+,19-16+,20-17+,24-21+,27-25+,28-26+,33-31+,37-34+,42-39+. The number of allylic oxidation sites excluding steroid dienone is 24. The van der Waals surface area contributed by atoms with Gasteiger partial charge in [0.1, 0.15) is 13.2 Å². The lowest BCUT2D eigenvalue weighted by Gasteiger charge is -2.18. The molecule has 0 fully saturated rings. The first-order chi connectivity index (χ1) is 31.5. The molecule has 0 heterocycles. The summed E-state index contributed by atoms with van der Waals surface area (Å²) in [6.07, 6.45) is 72.6. The van der Waals surface area contributed by atoms with Gasteiger partial charge in [0, 0.05) is 19.3 Å². The molecule has 0 aliphatic heterocycles. The number of rotatable bonds is 42. The molecule has 1 unspecified atom stereocenters. The molecule has 0 saturated heterocycles. The fourth-order valence-corrected chi connectivity index (χ4v) is 6.00. The van der Waals surface area contributed by atoms with Gasteiger partial charge in [-0.2, -0.15) is 0 Å². The van der Waals surface area contributed by atoms with Crippen LogP contribution in [0.3, 0.4) is 0 Å². The molecule has 1 atom stereocenters. The molecule has 0 spiro atoms. The molecule has 0 radical (unpaired) electrons. The van der Waals surface area contributed by atoms with Crippen molar-refractivity contribution in [2.24, 2.45) is 0 Å². The van der Waals surface area contributed by atoms with E-state index in [0.29, 0.717) is 19.3 Å². The third-order valence-corrected chi connectivity index (χ3v) is 9.63. The Balaban J connectivity index is 4.60. The van der Waals surface area contributed by atoms with E-state index in [0.717, 1.165) is 128 Å². The van der Waals surface area contributed by atoms with Gasteiger partial charge in [0.15, 0.2) is 6.10 Å². The van der Waals surface area contributed by atoms with Crippen LogP contribution >= 0.6 is 0 Å². The van der Waals surface area contributed by atoms with Gasteiger partial charge in [-0.05, 0) is 116 Å². The van der Waals surface area contributed by atoms with Gasteiger partial charge in [0.05, 0.1) is 0 Å². The Kier molecular flexibility index (Phi) is 47.2. The van der Waals surface area contributed by atoms with Gasteiger partial charge in [-0.25, -0.2) is 0 Å². The molecule has 64 heavy (non-hydrogen) atoms. The van der Waals surface area contributed by atoms with E-state index in [9.17, 15) is 14.4 Å². The number of ether oxygens (including phenoxy) is 3. The van der Waals surface area contributed by atoms with Gasteiger partial charge in [0.2, 0.25) is 0 Å². The lowest BCUT2D eigenvalue weighted by molar-refractivity contribution is -0.167. The topological polar surface area (TPSA) is 78.9 Å². The molecule has 0 bridgehead atoms. The minimum atomic E-state index is -0.832. The van der Waals surface area contributed by atoms with Gasteiger partial charge in [0.25, 0.3) is 0 Å². The molecule has 0 aliphatic carbocycles. The van der Waals surface area contributed by atoms with E-state index in [1.54, 1.807) is 0 Å². The maximum atomic E-state index is 12.8. The van der Waals surface area contributed by atoms with Crippen molar-refractivity contribution in [3.8, 4) is 0 Å². The number of carbonyl (C=O) groups excluding carboxylic acids is 3. The Morgan fingerprint density at radius 1 is 0.328 bits per heavy atom. The maximum Gasteiger partial charge on any atom is 0.306 e. The fourth-order valence-electron chi connectivity index (χ4n) is 6.00. The summed E-state index contributed by atoms with van der Waals surface area (Å²) in [7, 11) is 0. The number of hydrogen-bond acceptors (Lipinski definition) is 6. The second-order valence-electron chi connectivity index (χ2n) is 15.6. The summed E-state index contributed by atoms with van der Waals surface area (Å²) >= 11 is 0. The monoisotopic (exact) mass is 881 g/mol. The lowest BCUT2D eigenvalue weighted by atomic mass is 10.1. The van der Waals surface area contributed by atoms with Crippen LogP contribution in [-0.2, 0) is 28.6 Å². The minimum Gasteiger partial charge on any atom is -0.462 e. The lowest BCUT2D eigenvalue weighted by Crippen LogP contribution is -2.30. The van der Waals surface area contributed by atoms with E-state index >= 15 is 0 Å². The zero-order chi connectivity index (χ0) is 46.5. The summed E-state index contributed by atoms with van der Waals surface area (Å²) in [5.74, 6) is -1.05. The van der Waals surface area contributed by atoms with Crippen molar-refractivity contribution in [3.63, 3.8) is 0 Å². The first-order valence-electron chi connectivity index (χ1n) is 24.9. The van der Waals surface area contributed by atoms with Crippen molar-refractivity contribution in [2.75, 3.05) is 13.2 Å². The van der Waals surface area contributed by atoms with Gasteiger partial charge in [-0.15, -0.1) is 0 Å². The summed E-state index contributed by atoms with van der Waals surface area (Å²) in [6, 6.07) is 0. The van der Waals surface area contributed by atoms with Crippen molar-refractivity contribution in [1.82, 2.24) is 0 Å².